The van der Waals surface area contributed by atoms with Gasteiger partial charge in [-0.1, -0.05) is 0 Å². The van der Waals surface area contributed by atoms with Crippen LogP contribution in [0.4, 0.5) is 5.82 Å². The molecule has 1 fully saturated rings. The molecule has 1 amide bonds. The molecule has 7 nitrogen and oxygen atoms in total. The second-order valence-corrected chi connectivity index (χ2v) is 6.60. The highest BCUT2D eigenvalue weighted by molar-refractivity contribution is 5.95. The molecule has 0 aliphatic carbocycles. The van der Waals surface area contributed by atoms with Crippen LogP contribution in [0.3, 0.4) is 0 Å². The maximum atomic E-state index is 12.6. The maximum Gasteiger partial charge on any atom is 0.251 e. The topological polar surface area (TPSA) is 89.1 Å². The van der Waals surface area contributed by atoms with Crippen LogP contribution in [0.2, 0.25) is 0 Å². The second kappa shape index (κ2) is 6.24. The fourth-order valence-corrected chi connectivity index (χ4v) is 3.45. The average molecular weight is 326 g/mol. The van der Waals surface area contributed by atoms with Crippen molar-refractivity contribution in [3.63, 3.8) is 0 Å². The highest BCUT2D eigenvalue weighted by Crippen LogP contribution is 2.19. The van der Waals surface area contributed by atoms with E-state index in [0.717, 1.165) is 50.5 Å². The summed E-state index contributed by atoms with van der Waals surface area (Å²) in [5.74, 6) is 1.83. The van der Waals surface area contributed by atoms with Crippen LogP contribution in [0, 0.1) is 0 Å². The van der Waals surface area contributed by atoms with E-state index in [1.807, 2.05) is 12.3 Å². The summed E-state index contributed by atoms with van der Waals surface area (Å²) in [5, 5.41) is 3.10. The number of pyridine rings is 1. The maximum absolute atomic E-state index is 12.6. The summed E-state index contributed by atoms with van der Waals surface area (Å²) in [6, 6.07) is 4.02. The van der Waals surface area contributed by atoms with Crippen molar-refractivity contribution in [3.05, 3.63) is 42.1 Å². The van der Waals surface area contributed by atoms with Crippen LogP contribution in [-0.2, 0) is 13.0 Å². The van der Waals surface area contributed by atoms with Crippen molar-refractivity contribution < 1.29 is 4.79 Å². The van der Waals surface area contributed by atoms with Gasteiger partial charge in [0.05, 0.1) is 6.04 Å². The van der Waals surface area contributed by atoms with Crippen molar-refractivity contribution in [3.8, 4) is 0 Å². The predicted molar refractivity (Wildman–Crippen MR) is 90.8 cm³/mol. The molecular weight excluding hydrogens is 304 g/mol. The minimum atomic E-state index is -0.0527. The number of nitrogens with two attached hydrogens (primary N) is 1. The minimum Gasteiger partial charge on any atom is -0.356 e. The van der Waals surface area contributed by atoms with Crippen LogP contribution in [0.1, 0.15) is 29.0 Å². The molecule has 0 radical (unpaired) electrons. The fraction of sp³-hybridized carbons (Fsp3) is 0.471. The summed E-state index contributed by atoms with van der Waals surface area (Å²) in [6.07, 6.45) is 8.16. The van der Waals surface area contributed by atoms with Crippen molar-refractivity contribution >= 4 is 11.7 Å². The van der Waals surface area contributed by atoms with E-state index >= 15 is 0 Å². The zero-order chi connectivity index (χ0) is 16.5. The van der Waals surface area contributed by atoms with Gasteiger partial charge < -0.3 is 20.5 Å². The number of carbonyl (C=O) groups is 1. The van der Waals surface area contributed by atoms with E-state index < -0.39 is 0 Å². The van der Waals surface area contributed by atoms with Crippen LogP contribution in [-0.4, -0.2) is 45.6 Å². The van der Waals surface area contributed by atoms with Gasteiger partial charge in [0, 0.05) is 56.3 Å². The molecule has 2 aromatic rings. The van der Waals surface area contributed by atoms with Gasteiger partial charge in [-0.15, -0.1) is 0 Å². The van der Waals surface area contributed by atoms with Crippen molar-refractivity contribution in [1.82, 2.24) is 19.9 Å². The Hall–Kier alpha value is -2.41. The third-order valence-corrected chi connectivity index (χ3v) is 4.85. The molecule has 126 valence electrons. The Labute approximate surface area is 140 Å². The molecule has 4 heterocycles. The Morgan fingerprint density at radius 2 is 2.08 bits per heavy atom. The number of rotatable bonds is 3. The van der Waals surface area contributed by atoms with Gasteiger partial charge >= 0.3 is 0 Å². The Morgan fingerprint density at radius 1 is 1.25 bits per heavy atom. The summed E-state index contributed by atoms with van der Waals surface area (Å²) in [6.45, 7) is 2.56. The van der Waals surface area contributed by atoms with Gasteiger partial charge in [-0.25, -0.2) is 9.97 Å². The lowest BCUT2D eigenvalue weighted by molar-refractivity contribution is 0.0936. The van der Waals surface area contributed by atoms with E-state index in [4.69, 9.17) is 5.73 Å². The quantitative estimate of drug-likeness (QED) is 0.860. The normalized spacial score (nSPS) is 20.9. The van der Waals surface area contributed by atoms with Gasteiger partial charge in [0.2, 0.25) is 0 Å². The largest absolute Gasteiger partial charge is 0.356 e. The molecule has 3 N–H and O–H groups in total. The van der Waals surface area contributed by atoms with E-state index in [2.05, 4.69) is 24.8 Å². The van der Waals surface area contributed by atoms with E-state index in [0.29, 0.717) is 5.56 Å². The van der Waals surface area contributed by atoms with Crippen molar-refractivity contribution in [2.75, 3.05) is 18.0 Å². The first-order valence-electron chi connectivity index (χ1n) is 8.46. The van der Waals surface area contributed by atoms with E-state index in [1.54, 1.807) is 18.5 Å². The number of aromatic nitrogens is 3. The van der Waals surface area contributed by atoms with Crippen LogP contribution >= 0.6 is 0 Å². The molecule has 0 saturated carbocycles. The molecular formula is C17H22N6O. The molecule has 7 heteroatoms. The van der Waals surface area contributed by atoms with Crippen molar-refractivity contribution in [1.29, 1.82) is 0 Å². The average Bonchev–Trinajstić information content (AvgIpc) is 3.17. The van der Waals surface area contributed by atoms with Gasteiger partial charge in [0.15, 0.2) is 0 Å². The Bertz CT molecular complexity index is 714. The highest BCUT2D eigenvalue weighted by atomic mass is 16.1. The molecule has 1 atom stereocenters. The number of hydrogen-bond acceptors (Lipinski definition) is 5. The van der Waals surface area contributed by atoms with Crippen molar-refractivity contribution in [2.45, 2.75) is 37.9 Å². The van der Waals surface area contributed by atoms with Crippen LogP contribution in [0.5, 0.6) is 0 Å². The fourth-order valence-electron chi connectivity index (χ4n) is 3.45. The third kappa shape index (κ3) is 2.99. The second-order valence-electron chi connectivity index (χ2n) is 6.60. The number of nitrogens with zero attached hydrogens (tertiary/aromatic N) is 4. The van der Waals surface area contributed by atoms with Gasteiger partial charge in [-0.05, 0) is 25.0 Å². The smallest absolute Gasteiger partial charge is 0.251 e. The molecule has 0 aromatic carbocycles. The first kappa shape index (κ1) is 15.1. The number of fused-ring (bicyclic) bond motifs is 1. The molecule has 4 rings (SSSR count). The lowest BCUT2D eigenvalue weighted by Gasteiger charge is -2.31. The first-order chi connectivity index (χ1) is 11.7. The lowest BCUT2D eigenvalue weighted by Crippen LogP contribution is -2.40. The number of imidazole rings is 1. The summed E-state index contributed by atoms with van der Waals surface area (Å²) >= 11 is 0. The zero-order valence-electron chi connectivity index (χ0n) is 13.6. The minimum absolute atomic E-state index is 0.0527. The van der Waals surface area contributed by atoms with Gasteiger partial charge in [0.1, 0.15) is 11.6 Å². The van der Waals surface area contributed by atoms with Gasteiger partial charge in [-0.2, -0.15) is 0 Å². The molecule has 1 saturated heterocycles. The van der Waals surface area contributed by atoms with Crippen LogP contribution in [0.25, 0.3) is 0 Å². The first-order valence-corrected chi connectivity index (χ1v) is 8.46. The third-order valence-electron chi connectivity index (χ3n) is 4.85. The molecule has 24 heavy (non-hydrogen) atoms. The van der Waals surface area contributed by atoms with Gasteiger partial charge in [-0.3, -0.25) is 4.79 Å². The number of nitrogens with one attached hydrogen (secondary N) is 1. The number of anilines is 1. The number of piperidine rings is 1. The molecule has 2 aromatic heterocycles. The summed E-state index contributed by atoms with van der Waals surface area (Å²) < 4.78 is 2.08. The highest BCUT2D eigenvalue weighted by Gasteiger charge is 2.24. The number of carbonyl (C=O) groups excluding carboxylic acids is 1. The zero-order valence-corrected chi connectivity index (χ0v) is 13.6. The Balaban J connectivity index is 1.41. The standard InChI is InChI=1S/C17H22N6O/c18-13-2-6-22(7-3-13)15-9-12(1-4-19-15)17(24)21-14-10-16-20-5-8-23(16)11-14/h1,4-5,8-9,13-14H,2-3,6-7,10-11,18H2,(H,21,24). The van der Waals surface area contributed by atoms with E-state index in [1.165, 1.54) is 0 Å². The SMILES string of the molecule is NC1CCN(c2cc(C(=O)NC3Cc4nccn4C3)ccn2)CC1. The molecule has 0 bridgehead atoms. The van der Waals surface area contributed by atoms with E-state index in [9.17, 15) is 4.79 Å². The predicted octanol–water partition coefficient (Wildman–Crippen LogP) is 0.560. The van der Waals surface area contributed by atoms with E-state index in [-0.39, 0.29) is 18.0 Å². The number of amides is 1. The molecule has 2 aliphatic rings. The monoisotopic (exact) mass is 326 g/mol. The molecule has 2 aliphatic heterocycles. The van der Waals surface area contributed by atoms with Crippen LogP contribution in [0.15, 0.2) is 30.7 Å². The lowest BCUT2D eigenvalue weighted by atomic mass is 10.1. The van der Waals surface area contributed by atoms with Crippen molar-refractivity contribution in [2.24, 2.45) is 5.73 Å². The summed E-state index contributed by atoms with van der Waals surface area (Å²) in [5.41, 5.74) is 6.61. The summed E-state index contributed by atoms with van der Waals surface area (Å²) in [7, 11) is 0. The number of hydrogen-bond donors (Lipinski definition) is 2. The molecule has 1 unspecified atom stereocenters. The summed E-state index contributed by atoms with van der Waals surface area (Å²) in [4.78, 5) is 23.5. The Kier molecular flexibility index (Phi) is 3.93. The molecule has 0 spiro atoms. The Morgan fingerprint density at radius 3 is 2.88 bits per heavy atom. The van der Waals surface area contributed by atoms with Gasteiger partial charge in [0.25, 0.3) is 5.91 Å². The van der Waals surface area contributed by atoms with Crippen LogP contribution < -0.4 is 16.0 Å².